The van der Waals surface area contributed by atoms with Crippen molar-refractivity contribution in [1.82, 2.24) is 0 Å². The van der Waals surface area contributed by atoms with E-state index < -0.39 is 12.6 Å². The van der Waals surface area contributed by atoms with Crippen molar-refractivity contribution in [2.75, 3.05) is 0 Å². The molecule has 0 aromatic heterocycles. The number of carbonyl (C=O) groups is 2. The molecule has 0 aliphatic carbocycles. The molecule has 0 amide bonds. The lowest BCUT2D eigenvalue weighted by molar-refractivity contribution is -0.0504. The lowest BCUT2D eigenvalue weighted by Crippen LogP contribution is -2.08. The van der Waals surface area contributed by atoms with Crippen LogP contribution in [0.15, 0.2) is 12.1 Å². The van der Waals surface area contributed by atoms with Crippen molar-refractivity contribution < 1.29 is 28.2 Å². The van der Waals surface area contributed by atoms with Crippen LogP contribution in [0.5, 0.6) is 5.75 Å². The van der Waals surface area contributed by atoms with Gasteiger partial charge in [-0.1, -0.05) is 0 Å². The number of aromatic carboxylic acids is 1. The average Bonchev–Trinajstić information content (AvgIpc) is 2.19. The average molecular weight is 230 g/mol. The van der Waals surface area contributed by atoms with E-state index in [1.165, 1.54) is 6.92 Å². The number of rotatable bonds is 4. The van der Waals surface area contributed by atoms with Gasteiger partial charge in [0, 0.05) is 11.1 Å². The van der Waals surface area contributed by atoms with Gasteiger partial charge in [-0.3, -0.25) is 4.79 Å². The van der Waals surface area contributed by atoms with Crippen LogP contribution in [0.25, 0.3) is 0 Å². The molecule has 6 heteroatoms. The largest absolute Gasteiger partial charge is 0.478 e. The van der Waals surface area contributed by atoms with Crippen molar-refractivity contribution in [3.8, 4) is 5.75 Å². The Bertz CT molecular complexity index is 429. The number of halogens is 2. The summed E-state index contributed by atoms with van der Waals surface area (Å²) in [4.78, 5) is 21.3. The summed E-state index contributed by atoms with van der Waals surface area (Å²) in [5, 5.41) is 8.79. The molecular weight excluding hydrogens is 222 g/mol. The van der Waals surface area contributed by atoms with Crippen molar-refractivity contribution >= 4 is 12.3 Å². The SMILES string of the molecule is Cc1c(OC(F)F)cc(C=O)cc1C(=O)O. The quantitative estimate of drug-likeness (QED) is 0.804. The fraction of sp³-hybridized carbons (Fsp3) is 0.200. The fourth-order valence-corrected chi connectivity index (χ4v) is 1.22. The van der Waals surface area contributed by atoms with Gasteiger partial charge in [-0.15, -0.1) is 0 Å². The van der Waals surface area contributed by atoms with E-state index in [-0.39, 0.29) is 22.4 Å². The van der Waals surface area contributed by atoms with Gasteiger partial charge in [0.1, 0.15) is 12.0 Å². The summed E-state index contributed by atoms with van der Waals surface area (Å²) in [6.07, 6.45) is 0.365. The van der Waals surface area contributed by atoms with E-state index in [4.69, 9.17) is 5.11 Å². The highest BCUT2D eigenvalue weighted by molar-refractivity contribution is 5.92. The standard InChI is InChI=1S/C10H8F2O4/c1-5-7(9(14)15)2-6(4-13)3-8(5)16-10(11)12/h2-4,10H,1H3,(H,14,15). The molecule has 0 atom stereocenters. The molecule has 1 N–H and O–H groups in total. The van der Waals surface area contributed by atoms with Crippen LogP contribution in [0.2, 0.25) is 0 Å². The number of hydrogen-bond acceptors (Lipinski definition) is 3. The van der Waals surface area contributed by atoms with E-state index in [0.717, 1.165) is 12.1 Å². The second-order valence-corrected chi connectivity index (χ2v) is 2.99. The van der Waals surface area contributed by atoms with Crippen LogP contribution in [0.3, 0.4) is 0 Å². The molecule has 86 valence electrons. The Hall–Kier alpha value is -1.98. The maximum Gasteiger partial charge on any atom is 0.387 e. The van der Waals surface area contributed by atoms with Gasteiger partial charge in [-0.25, -0.2) is 4.79 Å². The summed E-state index contributed by atoms with van der Waals surface area (Å²) >= 11 is 0. The van der Waals surface area contributed by atoms with Crippen LogP contribution < -0.4 is 4.74 Å². The van der Waals surface area contributed by atoms with Gasteiger partial charge < -0.3 is 9.84 Å². The van der Waals surface area contributed by atoms with Crippen LogP contribution in [-0.4, -0.2) is 24.0 Å². The highest BCUT2D eigenvalue weighted by Gasteiger charge is 2.16. The first-order valence-corrected chi connectivity index (χ1v) is 4.23. The highest BCUT2D eigenvalue weighted by atomic mass is 19.3. The summed E-state index contributed by atoms with van der Waals surface area (Å²) in [5.74, 6) is -1.61. The zero-order chi connectivity index (χ0) is 12.3. The van der Waals surface area contributed by atoms with Crippen LogP contribution in [0, 0.1) is 6.92 Å². The van der Waals surface area contributed by atoms with E-state index in [2.05, 4.69) is 4.74 Å². The zero-order valence-corrected chi connectivity index (χ0v) is 8.24. The number of hydrogen-bond donors (Lipinski definition) is 1. The molecule has 1 aromatic carbocycles. The Balaban J connectivity index is 3.31. The van der Waals surface area contributed by atoms with E-state index in [9.17, 15) is 18.4 Å². The minimum absolute atomic E-state index is 0.0290. The number of alkyl halides is 2. The van der Waals surface area contributed by atoms with E-state index in [1.54, 1.807) is 0 Å². The Morgan fingerprint density at radius 3 is 2.56 bits per heavy atom. The topological polar surface area (TPSA) is 63.6 Å². The Labute approximate surface area is 89.5 Å². The first-order valence-electron chi connectivity index (χ1n) is 4.23. The maximum atomic E-state index is 12.0. The minimum Gasteiger partial charge on any atom is -0.478 e. The number of carboxylic acids is 1. The second kappa shape index (κ2) is 4.69. The van der Waals surface area contributed by atoms with E-state index >= 15 is 0 Å². The molecule has 0 saturated carbocycles. The number of carboxylic acid groups (broad SMARTS) is 1. The van der Waals surface area contributed by atoms with Crippen LogP contribution >= 0.6 is 0 Å². The molecule has 0 heterocycles. The maximum absolute atomic E-state index is 12.0. The van der Waals surface area contributed by atoms with Crippen molar-refractivity contribution in [3.63, 3.8) is 0 Å². The predicted molar refractivity (Wildman–Crippen MR) is 50.2 cm³/mol. The van der Waals surface area contributed by atoms with E-state index in [1.807, 2.05) is 0 Å². The van der Waals surface area contributed by atoms with Crippen molar-refractivity contribution in [2.24, 2.45) is 0 Å². The summed E-state index contributed by atoms with van der Waals surface area (Å²) in [5.41, 5.74) is -0.211. The molecule has 0 radical (unpaired) electrons. The van der Waals surface area contributed by atoms with Crippen LogP contribution in [-0.2, 0) is 0 Å². The smallest absolute Gasteiger partial charge is 0.387 e. The third-order valence-electron chi connectivity index (χ3n) is 1.96. The van der Waals surface area contributed by atoms with Gasteiger partial charge in [0.2, 0.25) is 0 Å². The number of carbonyl (C=O) groups excluding carboxylic acids is 1. The van der Waals surface area contributed by atoms with Crippen molar-refractivity contribution in [2.45, 2.75) is 13.5 Å². The Morgan fingerprint density at radius 2 is 2.12 bits per heavy atom. The van der Waals surface area contributed by atoms with Gasteiger partial charge in [-0.05, 0) is 19.1 Å². The molecule has 0 fully saturated rings. The van der Waals surface area contributed by atoms with Gasteiger partial charge in [0.15, 0.2) is 0 Å². The van der Waals surface area contributed by atoms with Gasteiger partial charge in [-0.2, -0.15) is 8.78 Å². The third-order valence-corrected chi connectivity index (χ3v) is 1.96. The first-order chi connectivity index (χ1) is 7.45. The normalized spacial score (nSPS) is 10.2. The Morgan fingerprint density at radius 1 is 1.50 bits per heavy atom. The van der Waals surface area contributed by atoms with Gasteiger partial charge in [0.05, 0.1) is 5.56 Å². The summed E-state index contributed by atoms with van der Waals surface area (Å²) < 4.78 is 28.1. The summed E-state index contributed by atoms with van der Waals surface area (Å²) in [6, 6.07) is 2.17. The number of benzene rings is 1. The number of aldehydes is 1. The molecule has 1 rings (SSSR count). The molecule has 0 spiro atoms. The number of ether oxygens (including phenoxy) is 1. The predicted octanol–water partition coefficient (Wildman–Crippen LogP) is 2.11. The monoisotopic (exact) mass is 230 g/mol. The minimum atomic E-state index is -3.07. The molecule has 16 heavy (non-hydrogen) atoms. The lowest BCUT2D eigenvalue weighted by atomic mass is 10.0. The molecule has 0 aliphatic rings. The third kappa shape index (κ3) is 2.53. The summed E-state index contributed by atoms with van der Waals surface area (Å²) in [6.45, 7) is -1.74. The molecule has 0 unspecified atom stereocenters. The van der Waals surface area contributed by atoms with Crippen LogP contribution in [0.1, 0.15) is 26.3 Å². The molecule has 0 aliphatic heterocycles. The molecule has 4 nitrogen and oxygen atoms in total. The van der Waals surface area contributed by atoms with Gasteiger partial charge in [0.25, 0.3) is 0 Å². The molecule has 0 saturated heterocycles. The van der Waals surface area contributed by atoms with Gasteiger partial charge >= 0.3 is 12.6 Å². The second-order valence-electron chi connectivity index (χ2n) is 2.99. The molecule has 0 bridgehead atoms. The van der Waals surface area contributed by atoms with Crippen molar-refractivity contribution in [3.05, 3.63) is 28.8 Å². The van der Waals surface area contributed by atoms with Crippen molar-refractivity contribution in [1.29, 1.82) is 0 Å². The first kappa shape index (κ1) is 12.1. The Kier molecular flexibility index (Phi) is 3.55. The van der Waals surface area contributed by atoms with Crippen LogP contribution in [0.4, 0.5) is 8.78 Å². The zero-order valence-electron chi connectivity index (χ0n) is 8.24. The molecular formula is C10H8F2O4. The lowest BCUT2D eigenvalue weighted by Gasteiger charge is -2.10. The molecule has 1 aromatic rings. The summed E-state index contributed by atoms with van der Waals surface area (Å²) in [7, 11) is 0. The van der Waals surface area contributed by atoms with E-state index in [0.29, 0.717) is 6.29 Å². The highest BCUT2D eigenvalue weighted by Crippen LogP contribution is 2.25. The fourth-order valence-electron chi connectivity index (χ4n) is 1.22.